The van der Waals surface area contributed by atoms with Crippen molar-refractivity contribution < 1.29 is 14.3 Å². The van der Waals surface area contributed by atoms with Crippen molar-refractivity contribution in [2.24, 2.45) is 10.9 Å². The van der Waals surface area contributed by atoms with E-state index in [1.54, 1.807) is 19.2 Å². The standard InChI is InChI=1S/C13H19BrFN3O2/c1-20-7-6-18(5-4-13(16)17-19)9-10-8-11(14)2-3-12(10)15/h2-3,8,19H,4-7,9H2,1H3,(H2,16,17). The van der Waals surface area contributed by atoms with Crippen LogP contribution in [0.2, 0.25) is 0 Å². The predicted octanol–water partition coefficient (Wildman–Crippen LogP) is 2.17. The van der Waals surface area contributed by atoms with Gasteiger partial charge in [0.2, 0.25) is 0 Å². The summed E-state index contributed by atoms with van der Waals surface area (Å²) < 4.78 is 19.6. The van der Waals surface area contributed by atoms with Crippen LogP contribution in [0, 0.1) is 5.82 Å². The molecule has 0 saturated carbocycles. The second kappa shape index (κ2) is 8.89. The molecule has 0 radical (unpaired) electrons. The molecular weight excluding hydrogens is 329 g/mol. The zero-order chi connectivity index (χ0) is 15.0. The van der Waals surface area contributed by atoms with E-state index in [2.05, 4.69) is 21.1 Å². The average molecular weight is 348 g/mol. The molecule has 7 heteroatoms. The molecule has 0 aliphatic heterocycles. The number of oxime groups is 1. The summed E-state index contributed by atoms with van der Waals surface area (Å²) in [5, 5.41) is 11.5. The zero-order valence-corrected chi connectivity index (χ0v) is 12.9. The molecule has 5 nitrogen and oxygen atoms in total. The number of nitrogens with two attached hydrogens (primary N) is 1. The summed E-state index contributed by atoms with van der Waals surface area (Å²) in [5.41, 5.74) is 6.05. The van der Waals surface area contributed by atoms with Gasteiger partial charge in [0.05, 0.1) is 6.61 Å². The molecule has 112 valence electrons. The van der Waals surface area contributed by atoms with E-state index in [9.17, 15) is 4.39 Å². The van der Waals surface area contributed by atoms with Gasteiger partial charge in [0, 0.05) is 43.2 Å². The van der Waals surface area contributed by atoms with Crippen molar-refractivity contribution in [3.8, 4) is 0 Å². The molecule has 1 aromatic carbocycles. The van der Waals surface area contributed by atoms with Gasteiger partial charge in [0.25, 0.3) is 0 Å². The summed E-state index contributed by atoms with van der Waals surface area (Å²) in [7, 11) is 1.61. The number of hydrogen-bond donors (Lipinski definition) is 2. The fourth-order valence-corrected chi connectivity index (χ4v) is 2.13. The number of amidine groups is 1. The molecule has 0 fully saturated rings. The number of nitrogens with zero attached hydrogens (tertiary/aromatic N) is 2. The van der Waals surface area contributed by atoms with Gasteiger partial charge in [-0.2, -0.15) is 0 Å². The number of rotatable bonds is 8. The molecule has 0 atom stereocenters. The Bertz CT molecular complexity index is 457. The molecule has 0 spiro atoms. The first-order valence-corrected chi connectivity index (χ1v) is 6.97. The number of hydrogen-bond acceptors (Lipinski definition) is 4. The molecule has 3 N–H and O–H groups in total. The molecule has 0 unspecified atom stereocenters. The summed E-state index contributed by atoms with van der Waals surface area (Å²) in [5.74, 6) is -0.0958. The van der Waals surface area contributed by atoms with Gasteiger partial charge in [-0.15, -0.1) is 0 Å². The molecule has 20 heavy (non-hydrogen) atoms. The van der Waals surface area contributed by atoms with E-state index in [1.807, 2.05) is 4.90 Å². The summed E-state index contributed by atoms with van der Waals surface area (Å²) in [6.07, 6.45) is 0.413. The summed E-state index contributed by atoms with van der Waals surface area (Å²) in [6.45, 7) is 2.17. The zero-order valence-electron chi connectivity index (χ0n) is 11.4. The lowest BCUT2D eigenvalue weighted by Crippen LogP contribution is -2.31. The number of halogens is 2. The van der Waals surface area contributed by atoms with Crippen LogP contribution in [-0.2, 0) is 11.3 Å². The maximum absolute atomic E-state index is 13.7. The Morgan fingerprint density at radius 3 is 2.90 bits per heavy atom. The van der Waals surface area contributed by atoms with Gasteiger partial charge in [-0.1, -0.05) is 21.1 Å². The lowest BCUT2D eigenvalue weighted by Gasteiger charge is -2.22. The van der Waals surface area contributed by atoms with Crippen LogP contribution >= 0.6 is 15.9 Å². The molecule has 0 aliphatic carbocycles. The minimum Gasteiger partial charge on any atom is -0.409 e. The van der Waals surface area contributed by atoms with Crippen molar-refractivity contribution in [1.82, 2.24) is 4.90 Å². The third kappa shape index (κ3) is 5.85. The third-order valence-corrected chi connectivity index (χ3v) is 3.32. The van der Waals surface area contributed by atoms with Gasteiger partial charge in [-0.25, -0.2) is 4.39 Å². The highest BCUT2D eigenvalue weighted by atomic mass is 79.9. The van der Waals surface area contributed by atoms with Crippen LogP contribution in [0.3, 0.4) is 0 Å². The van der Waals surface area contributed by atoms with Crippen LogP contribution < -0.4 is 5.73 Å². The summed E-state index contributed by atoms with van der Waals surface area (Å²) in [6, 6.07) is 4.84. The molecule has 0 heterocycles. The van der Waals surface area contributed by atoms with Gasteiger partial charge >= 0.3 is 0 Å². The van der Waals surface area contributed by atoms with E-state index in [4.69, 9.17) is 15.7 Å². The maximum atomic E-state index is 13.7. The first-order chi connectivity index (χ1) is 9.56. The molecule has 1 aromatic rings. The summed E-state index contributed by atoms with van der Waals surface area (Å²) in [4.78, 5) is 1.99. The Labute approximate surface area is 126 Å². The van der Waals surface area contributed by atoms with Crippen LogP contribution in [0.5, 0.6) is 0 Å². The van der Waals surface area contributed by atoms with Crippen LogP contribution in [0.1, 0.15) is 12.0 Å². The van der Waals surface area contributed by atoms with Crippen LogP contribution in [-0.4, -0.2) is 42.7 Å². The topological polar surface area (TPSA) is 71.1 Å². The second-order valence-corrected chi connectivity index (χ2v) is 5.26. The van der Waals surface area contributed by atoms with Gasteiger partial charge in [0.15, 0.2) is 0 Å². The largest absolute Gasteiger partial charge is 0.409 e. The average Bonchev–Trinajstić information content (AvgIpc) is 2.45. The van der Waals surface area contributed by atoms with Crippen LogP contribution in [0.25, 0.3) is 0 Å². The highest BCUT2D eigenvalue weighted by Gasteiger charge is 2.11. The Kier molecular flexibility index (Phi) is 7.50. The van der Waals surface area contributed by atoms with E-state index >= 15 is 0 Å². The van der Waals surface area contributed by atoms with Crippen molar-refractivity contribution in [3.63, 3.8) is 0 Å². The predicted molar refractivity (Wildman–Crippen MR) is 79.3 cm³/mol. The normalized spacial score (nSPS) is 12.1. The minimum absolute atomic E-state index is 0.155. The maximum Gasteiger partial charge on any atom is 0.140 e. The molecule has 0 bridgehead atoms. The van der Waals surface area contributed by atoms with Gasteiger partial charge in [-0.05, 0) is 18.2 Å². The Balaban J connectivity index is 2.69. The Hall–Kier alpha value is -1.18. The molecule has 0 amide bonds. The van der Waals surface area contributed by atoms with E-state index in [0.29, 0.717) is 38.2 Å². The minimum atomic E-state index is -0.251. The van der Waals surface area contributed by atoms with Gasteiger partial charge in [-0.3, -0.25) is 4.90 Å². The molecule has 0 aromatic heterocycles. The van der Waals surface area contributed by atoms with Crippen molar-refractivity contribution in [2.75, 3.05) is 26.8 Å². The van der Waals surface area contributed by atoms with Crippen molar-refractivity contribution >= 4 is 21.8 Å². The smallest absolute Gasteiger partial charge is 0.140 e. The second-order valence-electron chi connectivity index (χ2n) is 4.35. The van der Waals surface area contributed by atoms with Gasteiger partial charge < -0.3 is 15.7 Å². The fraction of sp³-hybridized carbons (Fsp3) is 0.462. The molecule has 0 aliphatic rings. The quantitative estimate of drug-likeness (QED) is 0.327. The van der Waals surface area contributed by atoms with Crippen molar-refractivity contribution in [1.29, 1.82) is 0 Å². The van der Waals surface area contributed by atoms with Gasteiger partial charge in [0.1, 0.15) is 11.7 Å². The SMILES string of the molecule is COCCN(CCC(N)=NO)Cc1cc(Br)ccc1F. The molecule has 1 rings (SSSR count). The van der Waals surface area contributed by atoms with Crippen molar-refractivity contribution in [3.05, 3.63) is 34.1 Å². The molecular formula is C13H19BrFN3O2. The number of benzene rings is 1. The van der Waals surface area contributed by atoms with E-state index in [-0.39, 0.29) is 11.7 Å². The van der Waals surface area contributed by atoms with E-state index in [0.717, 1.165) is 4.47 Å². The van der Waals surface area contributed by atoms with Crippen LogP contribution in [0.4, 0.5) is 4.39 Å². The Morgan fingerprint density at radius 2 is 2.25 bits per heavy atom. The third-order valence-electron chi connectivity index (χ3n) is 2.83. The lowest BCUT2D eigenvalue weighted by atomic mass is 10.2. The first-order valence-electron chi connectivity index (χ1n) is 6.18. The number of methoxy groups -OCH3 is 1. The fourth-order valence-electron chi connectivity index (χ4n) is 1.72. The highest BCUT2D eigenvalue weighted by Crippen LogP contribution is 2.17. The summed E-state index contributed by atoms with van der Waals surface area (Å²) >= 11 is 3.33. The number of ether oxygens (including phenoxy) is 1. The lowest BCUT2D eigenvalue weighted by molar-refractivity contribution is 0.145. The van der Waals surface area contributed by atoms with Crippen molar-refractivity contribution in [2.45, 2.75) is 13.0 Å². The molecule has 0 saturated heterocycles. The van der Waals surface area contributed by atoms with E-state index < -0.39 is 0 Å². The van der Waals surface area contributed by atoms with Crippen LogP contribution in [0.15, 0.2) is 27.8 Å². The highest BCUT2D eigenvalue weighted by molar-refractivity contribution is 9.10. The first kappa shape index (κ1) is 16.9. The monoisotopic (exact) mass is 347 g/mol. The Morgan fingerprint density at radius 1 is 1.50 bits per heavy atom. The van der Waals surface area contributed by atoms with E-state index in [1.165, 1.54) is 6.07 Å².